The van der Waals surface area contributed by atoms with Gasteiger partial charge in [-0.3, -0.25) is 0 Å². The van der Waals surface area contributed by atoms with Gasteiger partial charge in [0.2, 0.25) is 0 Å². The van der Waals surface area contributed by atoms with Crippen LogP contribution in [0.5, 0.6) is 17.2 Å². The highest BCUT2D eigenvalue weighted by Gasteiger charge is 2.09. The van der Waals surface area contributed by atoms with E-state index in [9.17, 15) is 0 Å². The number of ether oxygens (including phenoxy) is 3. The molecule has 4 aromatic carbocycles. The van der Waals surface area contributed by atoms with Gasteiger partial charge in [0.15, 0.2) is 0 Å². The first kappa shape index (κ1) is 25.4. The van der Waals surface area contributed by atoms with Gasteiger partial charge in [0, 0.05) is 0 Å². The van der Waals surface area contributed by atoms with Crippen molar-refractivity contribution < 1.29 is 14.2 Å². The molecule has 0 unspecified atom stereocenters. The van der Waals surface area contributed by atoms with E-state index in [4.69, 9.17) is 14.2 Å². The lowest BCUT2D eigenvalue weighted by Crippen LogP contribution is -1.95. The molecule has 36 heavy (non-hydrogen) atoms. The van der Waals surface area contributed by atoms with Crippen LogP contribution in [0.2, 0.25) is 0 Å². The normalized spacial score (nSPS) is 10.8. The van der Waals surface area contributed by atoms with Gasteiger partial charge >= 0.3 is 0 Å². The summed E-state index contributed by atoms with van der Waals surface area (Å²) in [5.41, 5.74) is 6.99. The molecule has 0 aliphatic heterocycles. The SMILES string of the molecule is CCCOc1ccc(-c2cc(-c3ccc(OCCC)cc3)cc(-c3ccc(OCCC)cc3)c2)cc1. The molecule has 0 N–H and O–H groups in total. The minimum Gasteiger partial charge on any atom is -0.494 e. The molecule has 186 valence electrons. The maximum atomic E-state index is 5.79. The van der Waals surface area contributed by atoms with Gasteiger partial charge in [-0.15, -0.1) is 0 Å². The Hall–Kier alpha value is -3.72. The Labute approximate surface area is 215 Å². The molecule has 0 aliphatic rings. The molecule has 0 saturated carbocycles. The van der Waals surface area contributed by atoms with Crippen molar-refractivity contribution in [3.63, 3.8) is 0 Å². The van der Waals surface area contributed by atoms with Crippen LogP contribution in [0.4, 0.5) is 0 Å². The Morgan fingerprint density at radius 1 is 0.361 bits per heavy atom. The van der Waals surface area contributed by atoms with Gasteiger partial charge in [-0.1, -0.05) is 57.2 Å². The zero-order valence-electron chi connectivity index (χ0n) is 21.6. The summed E-state index contributed by atoms with van der Waals surface area (Å²) >= 11 is 0. The van der Waals surface area contributed by atoms with Crippen LogP contribution in [0.3, 0.4) is 0 Å². The molecular formula is C33H36O3. The van der Waals surface area contributed by atoms with Crippen molar-refractivity contribution in [2.24, 2.45) is 0 Å². The summed E-state index contributed by atoms with van der Waals surface area (Å²) in [7, 11) is 0. The van der Waals surface area contributed by atoms with Crippen LogP contribution in [0, 0.1) is 0 Å². The van der Waals surface area contributed by atoms with E-state index in [0.717, 1.165) is 73.0 Å². The van der Waals surface area contributed by atoms with E-state index in [1.807, 2.05) is 0 Å². The number of benzene rings is 4. The van der Waals surface area contributed by atoms with Gasteiger partial charge in [0.1, 0.15) is 17.2 Å². The van der Waals surface area contributed by atoms with E-state index in [2.05, 4.69) is 112 Å². The third-order valence-corrected chi connectivity index (χ3v) is 5.91. The molecule has 0 aliphatic carbocycles. The van der Waals surface area contributed by atoms with Crippen LogP contribution in [0.1, 0.15) is 40.0 Å². The Kier molecular flexibility index (Phi) is 9.04. The lowest BCUT2D eigenvalue weighted by Gasteiger charge is -2.13. The summed E-state index contributed by atoms with van der Waals surface area (Å²) in [6.07, 6.45) is 2.99. The van der Waals surface area contributed by atoms with E-state index >= 15 is 0 Å². The van der Waals surface area contributed by atoms with Crippen LogP contribution < -0.4 is 14.2 Å². The summed E-state index contributed by atoms with van der Waals surface area (Å²) in [5, 5.41) is 0. The van der Waals surface area contributed by atoms with E-state index in [0.29, 0.717) is 0 Å². The standard InChI is InChI=1S/C33H36O3/c1-4-19-34-31-13-7-25(8-14-31)28-22-29(26-9-15-32(16-10-26)35-20-5-2)24-30(23-28)27-11-17-33(18-12-27)36-21-6-3/h7-18,22-24H,4-6,19-21H2,1-3H3. The third-order valence-electron chi connectivity index (χ3n) is 5.91. The van der Waals surface area contributed by atoms with Gasteiger partial charge in [-0.25, -0.2) is 0 Å². The van der Waals surface area contributed by atoms with Crippen LogP contribution in [-0.4, -0.2) is 19.8 Å². The molecule has 4 rings (SSSR count). The molecule has 0 aromatic heterocycles. The van der Waals surface area contributed by atoms with Crippen molar-refractivity contribution in [3.05, 3.63) is 91.0 Å². The summed E-state index contributed by atoms with van der Waals surface area (Å²) in [5.74, 6) is 2.71. The maximum Gasteiger partial charge on any atom is 0.119 e. The topological polar surface area (TPSA) is 27.7 Å². The Morgan fingerprint density at radius 2 is 0.611 bits per heavy atom. The molecule has 3 nitrogen and oxygen atoms in total. The van der Waals surface area contributed by atoms with Crippen molar-refractivity contribution in [2.45, 2.75) is 40.0 Å². The maximum absolute atomic E-state index is 5.79. The van der Waals surface area contributed by atoms with Crippen molar-refractivity contribution in [1.82, 2.24) is 0 Å². The molecular weight excluding hydrogens is 444 g/mol. The molecule has 0 radical (unpaired) electrons. The fraction of sp³-hybridized carbons (Fsp3) is 0.273. The lowest BCUT2D eigenvalue weighted by atomic mass is 9.93. The summed E-state index contributed by atoms with van der Waals surface area (Å²) in [4.78, 5) is 0. The molecule has 0 atom stereocenters. The first-order valence-corrected chi connectivity index (χ1v) is 13.0. The molecule has 0 amide bonds. The molecule has 0 saturated heterocycles. The van der Waals surface area contributed by atoms with Gasteiger partial charge in [0.25, 0.3) is 0 Å². The highest BCUT2D eigenvalue weighted by atomic mass is 16.5. The predicted octanol–water partition coefficient (Wildman–Crippen LogP) is 9.05. The van der Waals surface area contributed by atoms with Crippen molar-refractivity contribution in [2.75, 3.05) is 19.8 Å². The highest BCUT2D eigenvalue weighted by Crippen LogP contribution is 2.34. The third kappa shape index (κ3) is 6.69. The fourth-order valence-corrected chi connectivity index (χ4v) is 4.02. The summed E-state index contributed by atoms with van der Waals surface area (Å²) in [6.45, 7) is 8.55. The zero-order valence-corrected chi connectivity index (χ0v) is 21.6. The minimum atomic E-state index is 0.731. The average molecular weight is 481 g/mol. The van der Waals surface area contributed by atoms with Crippen LogP contribution >= 0.6 is 0 Å². The van der Waals surface area contributed by atoms with Crippen molar-refractivity contribution in [1.29, 1.82) is 0 Å². The number of rotatable bonds is 12. The van der Waals surface area contributed by atoms with Gasteiger partial charge in [0.05, 0.1) is 19.8 Å². The highest BCUT2D eigenvalue weighted by molar-refractivity contribution is 5.81. The second-order valence-electron chi connectivity index (χ2n) is 8.92. The van der Waals surface area contributed by atoms with Crippen molar-refractivity contribution in [3.8, 4) is 50.6 Å². The number of hydrogen-bond acceptors (Lipinski definition) is 3. The van der Waals surface area contributed by atoms with Crippen molar-refractivity contribution >= 4 is 0 Å². The number of hydrogen-bond donors (Lipinski definition) is 0. The fourth-order valence-electron chi connectivity index (χ4n) is 4.02. The second-order valence-corrected chi connectivity index (χ2v) is 8.92. The average Bonchev–Trinajstić information content (AvgIpc) is 2.94. The molecule has 0 spiro atoms. The smallest absolute Gasteiger partial charge is 0.119 e. The van der Waals surface area contributed by atoms with E-state index in [-0.39, 0.29) is 0 Å². The molecule has 3 heteroatoms. The van der Waals surface area contributed by atoms with Gasteiger partial charge < -0.3 is 14.2 Å². The quantitative estimate of drug-likeness (QED) is 0.202. The van der Waals surface area contributed by atoms with Crippen LogP contribution in [0.25, 0.3) is 33.4 Å². The van der Waals surface area contributed by atoms with Gasteiger partial charge in [-0.05, 0) is 107 Å². The monoisotopic (exact) mass is 480 g/mol. The first-order valence-electron chi connectivity index (χ1n) is 13.0. The largest absolute Gasteiger partial charge is 0.494 e. The Bertz CT molecular complexity index is 1040. The first-order chi connectivity index (χ1) is 17.7. The minimum absolute atomic E-state index is 0.731. The Morgan fingerprint density at radius 3 is 0.833 bits per heavy atom. The van der Waals surface area contributed by atoms with Crippen LogP contribution in [0.15, 0.2) is 91.0 Å². The molecule has 4 aromatic rings. The second kappa shape index (κ2) is 12.8. The zero-order chi connectivity index (χ0) is 25.2. The lowest BCUT2D eigenvalue weighted by molar-refractivity contribution is 0.317. The predicted molar refractivity (Wildman–Crippen MR) is 150 cm³/mol. The van der Waals surface area contributed by atoms with Gasteiger partial charge in [-0.2, -0.15) is 0 Å². The van der Waals surface area contributed by atoms with E-state index < -0.39 is 0 Å². The summed E-state index contributed by atoms with van der Waals surface area (Å²) in [6, 6.07) is 31.9. The summed E-state index contributed by atoms with van der Waals surface area (Å²) < 4.78 is 17.4. The van der Waals surface area contributed by atoms with E-state index in [1.54, 1.807) is 0 Å². The van der Waals surface area contributed by atoms with Crippen LogP contribution in [-0.2, 0) is 0 Å². The molecule has 0 fully saturated rings. The molecule has 0 heterocycles. The Balaban J connectivity index is 1.70. The van der Waals surface area contributed by atoms with E-state index in [1.165, 1.54) is 16.7 Å². The molecule has 0 bridgehead atoms.